The fourth-order valence-electron chi connectivity index (χ4n) is 1.57. The van der Waals surface area contributed by atoms with Crippen molar-refractivity contribution in [3.8, 4) is 5.75 Å². The Balaban J connectivity index is 1.97. The second-order valence-corrected chi connectivity index (χ2v) is 3.49. The number of hydrogen-bond donors (Lipinski definition) is 2. The number of ether oxygens (including phenoxy) is 1. The predicted molar refractivity (Wildman–Crippen MR) is 53.4 cm³/mol. The maximum atomic E-state index is 5.80. The van der Waals surface area contributed by atoms with Crippen LogP contribution in [0.3, 0.4) is 0 Å². The van der Waals surface area contributed by atoms with Crippen LogP contribution in [0.5, 0.6) is 5.75 Å². The Kier molecular flexibility index (Phi) is 1.67. The van der Waals surface area contributed by atoms with Crippen molar-refractivity contribution < 1.29 is 4.74 Å². The van der Waals surface area contributed by atoms with Gasteiger partial charge in [0.1, 0.15) is 11.9 Å². The fraction of sp³-hybridized carbons (Fsp3) is 0.300. The van der Waals surface area contributed by atoms with Crippen molar-refractivity contribution >= 4 is 10.9 Å². The third-order valence-electron chi connectivity index (χ3n) is 2.48. The summed E-state index contributed by atoms with van der Waals surface area (Å²) in [5, 5.41) is 11.1. The molecule has 1 fully saturated rings. The van der Waals surface area contributed by atoms with Gasteiger partial charge in [0.25, 0.3) is 0 Å². The van der Waals surface area contributed by atoms with E-state index in [1.165, 1.54) is 0 Å². The van der Waals surface area contributed by atoms with E-state index < -0.39 is 0 Å². The zero-order valence-corrected chi connectivity index (χ0v) is 7.66. The minimum absolute atomic E-state index is 0.315. The molecule has 1 saturated heterocycles. The lowest BCUT2D eigenvalue weighted by atomic mass is 10.2. The highest BCUT2D eigenvalue weighted by Gasteiger charge is 2.19. The van der Waals surface area contributed by atoms with Gasteiger partial charge in [0.2, 0.25) is 0 Å². The Morgan fingerprint density at radius 2 is 2.29 bits per heavy atom. The molecular formula is C10H11N3O. The number of aromatic amines is 1. The first-order chi connectivity index (χ1) is 6.93. The van der Waals surface area contributed by atoms with Crippen LogP contribution in [-0.2, 0) is 0 Å². The number of rotatable bonds is 2. The summed E-state index contributed by atoms with van der Waals surface area (Å²) in [7, 11) is 0. The van der Waals surface area contributed by atoms with Crippen LogP contribution in [0.1, 0.15) is 0 Å². The molecule has 1 aliphatic rings. The van der Waals surface area contributed by atoms with Crippen LogP contribution in [-0.4, -0.2) is 29.4 Å². The largest absolute Gasteiger partial charge is 0.487 e. The highest BCUT2D eigenvalue weighted by Crippen LogP contribution is 2.24. The zero-order chi connectivity index (χ0) is 9.38. The normalized spacial score (nSPS) is 16.9. The number of aromatic nitrogens is 2. The van der Waals surface area contributed by atoms with Crippen molar-refractivity contribution in [3.05, 3.63) is 24.4 Å². The molecule has 2 N–H and O–H groups in total. The first kappa shape index (κ1) is 7.82. The van der Waals surface area contributed by atoms with Crippen molar-refractivity contribution in [2.45, 2.75) is 6.10 Å². The number of nitrogens with one attached hydrogen (secondary N) is 2. The molecule has 0 unspecified atom stereocenters. The van der Waals surface area contributed by atoms with Gasteiger partial charge in [-0.2, -0.15) is 5.10 Å². The molecule has 0 bridgehead atoms. The van der Waals surface area contributed by atoms with Gasteiger partial charge in [-0.25, -0.2) is 0 Å². The van der Waals surface area contributed by atoms with E-state index in [-0.39, 0.29) is 0 Å². The van der Waals surface area contributed by atoms with Crippen molar-refractivity contribution in [2.75, 3.05) is 13.1 Å². The van der Waals surface area contributed by atoms with Gasteiger partial charge >= 0.3 is 0 Å². The number of H-pyrrole nitrogens is 1. The fourth-order valence-corrected chi connectivity index (χ4v) is 1.57. The van der Waals surface area contributed by atoms with Gasteiger partial charge in [0.05, 0.1) is 17.1 Å². The monoisotopic (exact) mass is 189 g/mol. The summed E-state index contributed by atoms with van der Waals surface area (Å²) in [5.41, 5.74) is 1.02. The summed E-state index contributed by atoms with van der Waals surface area (Å²) < 4.78 is 5.80. The highest BCUT2D eigenvalue weighted by molar-refractivity contribution is 5.84. The number of benzene rings is 1. The molecule has 0 saturated carbocycles. The SMILES string of the molecule is c1cc(OC2CNC2)c2cn[nH]c2c1. The van der Waals surface area contributed by atoms with Crippen LogP contribution in [0.2, 0.25) is 0 Å². The van der Waals surface area contributed by atoms with E-state index in [4.69, 9.17) is 4.74 Å². The van der Waals surface area contributed by atoms with Crippen LogP contribution in [0, 0.1) is 0 Å². The Hall–Kier alpha value is -1.55. The predicted octanol–water partition coefficient (Wildman–Crippen LogP) is 0.913. The lowest BCUT2D eigenvalue weighted by molar-refractivity contribution is 0.144. The van der Waals surface area contributed by atoms with Gasteiger partial charge in [-0.15, -0.1) is 0 Å². The molecule has 72 valence electrons. The Bertz CT molecular complexity index is 447. The van der Waals surface area contributed by atoms with Crippen LogP contribution < -0.4 is 10.1 Å². The molecular weight excluding hydrogens is 178 g/mol. The van der Waals surface area contributed by atoms with Gasteiger partial charge in [-0.3, -0.25) is 5.10 Å². The molecule has 4 heteroatoms. The lowest BCUT2D eigenvalue weighted by Crippen LogP contribution is -2.50. The van der Waals surface area contributed by atoms with E-state index >= 15 is 0 Å². The molecule has 2 aromatic rings. The molecule has 0 atom stereocenters. The third-order valence-corrected chi connectivity index (χ3v) is 2.48. The first-order valence-corrected chi connectivity index (χ1v) is 4.73. The minimum atomic E-state index is 0.315. The Morgan fingerprint density at radius 3 is 3.07 bits per heavy atom. The van der Waals surface area contributed by atoms with Crippen LogP contribution in [0.25, 0.3) is 10.9 Å². The number of nitrogens with zero attached hydrogens (tertiary/aromatic N) is 1. The molecule has 14 heavy (non-hydrogen) atoms. The van der Waals surface area contributed by atoms with E-state index in [9.17, 15) is 0 Å². The summed E-state index contributed by atoms with van der Waals surface area (Å²) >= 11 is 0. The molecule has 0 aliphatic carbocycles. The van der Waals surface area contributed by atoms with Crippen molar-refractivity contribution in [3.63, 3.8) is 0 Å². The number of fused-ring (bicyclic) bond motifs is 1. The zero-order valence-electron chi connectivity index (χ0n) is 7.66. The van der Waals surface area contributed by atoms with E-state index in [1.54, 1.807) is 6.20 Å². The quantitative estimate of drug-likeness (QED) is 0.738. The van der Waals surface area contributed by atoms with Gasteiger partial charge < -0.3 is 10.1 Å². The maximum Gasteiger partial charge on any atom is 0.130 e. The summed E-state index contributed by atoms with van der Waals surface area (Å²) in [6, 6.07) is 5.95. The summed E-state index contributed by atoms with van der Waals surface area (Å²) in [4.78, 5) is 0. The van der Waals surface area contributed by atoms with Crippen molar-refractivity contribution in [2.24, 2.45) is 0 Å². The smallest absolute Gasteiger partial charge is 0.130 e. The Morgan fingerprint density at radius 1 is 1.36 bits per heavy atom. The Labute approximate surface area is 81.3 Å². The summed E-state index contributed by atoms with van der Waals surface area (Å²) in [5.74, 6) is 0.919. The topological polar surface area (TPSA) is 49.9 Å². The standard InChI is InChI=1S/C10H11N3O/c1-2-9-8(6-12-13-9)10(3-1)14-7-4-11-5-7/h1-3,6-7,11H,4-5H2,(H,12,13). The van der Waals surface area contributed by atoms with Gasteiger partial charge in [-0.05, 0) is 12.1 Å². The van der Waals surface area contributed by atoms with E-state index in [2.05, 4.69) is 15.5 Å². The molecule has 0 amide bonds. The van der Waals surface area contributed by atoms with Gasteiger partial charge in [-0.1, -0.05) is 6.07 Å². The lowest BCUT2D eigenvalue weighted by Gasteiger charge is -2.27. The van der Waals surface area contributed by atoms with Crippen LogP contribution in [0.15, 0.2) is 24.4 Å². The average molecular weight is 189 g/mol. The first-order valence-electron chi connectivity index (χ1n) is 4.73. The summed E-state index contributed by atoms with van der Waals surface area (Å²) in [6.45, 7) is 1.88. The number of hydrogen-bond acceptors (Lipinski definition) is 3. The van der Waals surface area contributed by atoms with Crippen LogP contribution >= 0.6 is 0 Å². The molecule has 1 aliphatic heterocycles. The van der Waals surface area contributed by atoms with Gasteiger partial charge in [0, 0.05) is 13.1 Å². The molecule has 4 nitrogen and oxygen atoms in total. The maximum absolute atomic E-state index is 5.80. The summed E-state index contributed by atoms with van der Waals surface area (Å²) in [6.07, 6.45) is 2.12. The molecule has 1 aromatic heterocycles. The van der Waals surface area contributed by atoms with E-state index in [1.807, 2.05) is 18.2 Å². The highest BCUT2D eigenvalue weighted by atomic mass is 16.5. The second kappa shape index (κ2) is 2.99. The molecule has 0 radical (unpaired) electrons. The van der Waals surface area contributed by atoms with Crippen molar-refractivity contribution in [1.29, 1.82) is 0 Å². The average Bonchev–Trinajstić information content (AvgIpc) is 2.59. The molecule has 3 rings (SSSR count). The molecule has 2 heterocycles. The third kappa shape index (κ3) is 1.15. The minimum Gasteiger partial charge on any atom is -0.487 e. The van der Waals surface area contributed by atoms with Crippen LogP contribution in [0.4, 0.5) is 0 Å². The molecule has 0 spiro atoms. The van der Waals surface area contributed by atoms with E-state index in [0.29, 0.717) is 6.10 Å². The van der Waals surface area contributed by atoms with E-state index in [0.717, 1.165) is 29.7 Å². The molecule has 1 aromatic carbocycles. The van der Waals surface area contributed by atoms with Gasteiger partial charge in [0.15, 0.2) is 0 Å². The second-order valence-electron chi connectivity index (χ2n) is 3.49. The van der Waals surface area contributed by atoms with Crippen molar-refractivity contribution in [1.82, 2.24) is 15.5 Å².